The fourth-order valence-corrected chi connectivity index (χ4v) is 6.04. The molecule has 0 saturated heterocycles. The first-order valence-corrected chi connectivity index (χ1v) is 8.47. The summed E-state index contributed by atoms with van der Waals surface area (Å²) in [7, 11) is 0. The molecule has 0 radical (unpaired) electrons. The van der Waals surface area contributed by atoms with Gasteiger partial charge >= 0.3 is 0 Å². The van der Waals surface area contributed by atoms with Gasteiger partial charge in [0.1, 0.15) is 0 Å². The van der Waals surface area contributed by atoms with Crippen LogP contribution in [0.25, 0.3) is 0 Å². The number of thiophene rings is 1. The summed E-state index contributed by atoms with van der Waals surface area (Å²) < 4.78 is 2.32. The van der Waals surface area contributed by atoms with E-state index in [1.54, 1.807) is 11.3 Å². The molecule has 1 aromatic carbocycles. The number of rotatable bonds is 2. The number of benzene rings is 1. The van der Waals surface area contributed by atoms with Gasteiger partial charge in [0.25, 0.3) is 0 Å². The average Bonchev–Trinajstić information content (AvgIpc) is 2.57. The van der Waals surface area contributed by atoms with Gasteiger partial charge in [-0.1, -0.05) is 39.7 Å². The fraction of sp³-hybridized carbons (Fsp3) is 0.231. The molecule has 4 heteroatoms. The molecular weight excluding hydrogens is 428 g/mol. The smallest absolute Gasteiger partial charge is 0.0757 e. The van der Waals surface area contributed by atoms with E-state index in [4.69, 9.17) is 0 Å². The zero-order valence-electron chi connectivity index (χ0n) is 9.43. The van der Waals surface area contributed by atoms with E-state index in [2.05, 4.69) is 85.9 Å². The molecule has 1 atom stereocenters. The highest BCUT2D eigenvalue weighted by Crippen LogP contribution is 2.42. The van der Waals surface area contributed by atoms with Gasteiger partial charge in [-0.2, -0.15) is 0 Å². The number of halogens is 3. The molecule has 0 nitrogen and oxygen atoms in total. The molecule has 2 rings (SSSR count). The van der Waals surface area contributed by atoms with Crippen molar-refractivity contribution in [3.63, 3.8) is 0 Å². The van der Waals surface area contributed by atoms with Gasteiger partial charge in [0.15, 0.2) is 0 Å². The molecule has 0 bridgehead atoms. The van der Waals surface area contributed by atoms with Gasteiger partial charge in [-0.05, 0) is 68.5 Å². The first-order valence-electron chi connectivity index (χ1n) is 5.15. The van der Waals surface area contributed by atoms with Gasteiger partial charge in [0.05, 0.1) is 12.4 Å². The standard InChI is InChI=1S/C13H11Br3S/c1-7-3-4-9(8(2)5-7)12(15)10-6-11(14)17-13(10)16/h3-6,12H,1-2H3. The second-order valence-electron chi connectivity index (χ2n) is 4.00. The molecule has 1 unspecified atom stereocenters. The Kier molecular flexibility index (Phi) is 4.50. The lowest BCUT2D eigenvalue weighted by atomic mass is 10.0. The van der Waals surface area contributed by atoms with Crippen molar-refractivity contribution in [1.82, 2.24) is 0 Å². The Hall–Kier alpha value is 0.360. The lowest BCUT2D eigenvalue weighted by Gasteiger charge is -2.13. The van der Waals surface area contributed by atoms with Crippen LogP contribution in [0.4, 0.5) is 0 Å². The van der Waals surface area contributed by atoms with E-state index in [0.717, 1.165) is 3.79 Å². The molecular formula is C13H11Br3S. The van der Waals surface area contributed by atoms with Crippen LogP contribution in [0.2, 0.25) is 0 Å². The summed E-state index contributed by atoms with van der Waals surface area (Å²) in [6, 6.07) is 8.74. The molecule has 0 saturated carbocycles. The molecule has 0 aliphatic heterocycles. The molecule has 0 spiro atoms. The number of aryl methyl sites for hydroxylation is 2. The van der Waals surface area contributed by atoms with Crippen LogP contribution in [0.1, 0.15) is 27.1 Å². The van der Waals surface area contributed by atoms with Crippen LogP contribution in [0, 0.1) is 13.8 Å². The summed E-state index contributed by atoms with van der Waals surface area (Å²) in [5, 5.41) is 0. The average molecular weight is 439 g/mol. The number of hydrogen-bond acceptors (Lipinski definition) is 1. The van der Waals surface area contributed by atoms with E-state index in [0.29, 0.717) is 0 Å². The lowest BCUT2D eigenvalue weighted by molar-refractivity contribution is 1.14. The second-order valence-corrected chi connectivity index (χ2v) is 8.67. The van der Waals surface area contributed by atoms with E-state index >= 15 is 0 Å². The summed E-state index contributed by atoms with van der Waals surface area (Å²) in [5.74, 6) is 0. The minimum atomic E-state index is 0.236. The maximum Gasteiger partial charge on any atom is 0.0757 e. The maximum atomic E-state index is 3.79. The van der Waals surface area contributed by atoms with Crippen molar-refractivity contribution in [2.45, 2.75) is 18.7 Å². The summed E-state index contributed by atoms with van der Waals surface area (Å²) in [6.07, 6.45) is 0. The van der Waals surface area contributed by atoms with Gasteiger partial charge in [-0.3, -0.25) is 0 Å². The Bertz CT molecular complexity index is 546. The van der Waals surface area contributed by atoms with Gasteiger partial charge in [-0.25, -0.2) is 0 Å². The third-order valence-corrected chi connectivity index (χ3v) is 6.03. The summed E-state index contributed by atoms with van der Waals surface area (Å²) in [6.45, 7) is 4.28. The number of hydrogen-bond donors (Lipinski definition) is 0. The zero-order chi connectivity index (χ0) is 12.6. The predicted octanol–water partition coefficient (Wildman–Crippen LogP) is 6.37. The van der Waals surface area contributed by atoms with Crippen LogP contribution < -0.4 is 0 Å². The van der Waals surface area contributed by atoms with Crippen LogP contribution in [0.5, 0.6) is 0 Å². The topological polar surface area (TPSA) is 0 Å². The Labute approximate surface area is 131 Å². The van der Waals surface area contributed by atoms with Crippen molar-refractivity contribution < 1.29 is 0 Å². The molecule has 0 N–H and O–H groups in total. The van der Waals surface area contributed by atoms with Gasteiger partial charge < -0.3 is 0 Å². The largest absolute Gasteiger partial charge is 0.121 e. The molecule has 0 amide bonds. The first kappa shape index (κ1) is 13.8. The minimum absolute atomic E-state index is 0.236. The van der Waals surface area contributed by atoms with Crippen LogP contribution in [0.15, 0.2) is 31.8 Å². The molecule has 90 valence electrons. The third-order valence-electron chi connectivity index (χ3n) is 2.65. The van der Waals surface area contributed by atoms with Crippen LogP contribution in [-0.4, -0.2) is 0 Å². The van der Waals surface area contributed by atoms with Crippen molar-refractivity contribution >= 4 is 59.1 Å². The van der Waals surface area contributed by atoms with E-state index in [1.807, 2.05) is 0 Å². The van der Waals surface area contributed by atoms with Gasteiger partial charge in [-0.15, -0.1) is 11.3 Å². The molecule has 2 aromatic rings. The third kappa shape index (κ3) is 3.03. The molecule has 0 aliphatic rings. The van der Waals surface area contributed by atoms with E-state index in [9.17, 15) is 0 Å². The predicted molar refractivity (Wildman–Crippen MR) is 86.4 cm³/mol. The summed E-state index contributed by atoms with van der Waals surface area (Å²) >= 11 is 12.6. The molecule has 1 heterocycles. The Morgan fingerprint density at radius 2 is 1.76 bits per heavy atom. The van der Waals surface area contributed by atoms with Crippen molar-refractivity contribution in [1.29, 1.82) is 0 Å². The van der Waals surface area contributed by atoms with Crippen molar-refractivity contribution in [2.24, 2.45) is 0 Å². The highest BCUT2D eigenvalue weighted by molar-refractivity contribution is 9.12. The minimum Gasteiger partial charge on any atom is -0.121 e. The van der Waals surface area contributed by atoms with E-state index < -0.39 is 0 Å². The molecule has 0 fully saturated rings. The molecule has 1 aromatic heterocycles. The highest BCUT2D eigenvalue weighted by Gasteiger charge is 2.17. The Morgan fingerprint density at radius 3 is 2.29 bits per heavy atom. The summed E-state index contributed by atoms with van der Waals surface area (Å²) in [5.41, 5.74) is 5.22. The Morgan fingerprint density at radius 1 is 1.06 bits per heavy atom. The number of alkyl halides is 1. The van der Waals surface area contributed by atoms with Crippen LogP contribution in [-0.2, 0) is 0 Å². The molecule has 17 heavy (non-hydrogen) atoms. The van der Waals surface area contributed by atoms with Crippen molar-refractivity contribution in [3.8, 4) is 0 Å². The van der Waals surface area contributed by atoms with E-state index in [1.165, 1.54) is 26.0 Å². The maximum absolute atomic E-state index is 3.79. The van der Waals surface area contributed by atoms with Crippen molar-refractivity contribution in [3.05, 3.63) is 54.1 Å². The lowest BCUT2D eigenvalue weighted by Crippen LogP contribution is -1.95. The highest BCUT2D eigenvalue weighted by atomic mass is 79.9. The zero-order valence-corrected chi connectivity index (χ0v) is 15.0. The first-order chi connectivity index (χ1) is 7.99. The normalized spacial score (nSPS) is 12.8. The fourth-order valence-electron chi connectivity index (χ4n) is 1.80. The van der Waals surface area contributed by atoms with Crippen LogP contribution in [0.3, 0.4) is 0 Å². The van der Waals surface area contributed by atoms with Gasteiger partial charge in [0, 0.05) is 0 Å². The van der Waals surface area contributed by atoms with Crippen LogP contribution >= 0.6 is 59.1 Å². The quantitative estimate of drug-likeness (QED) is 0.477. The van der Waals surface area contributed by atoms with E-state index in [-0.39, 0.29) is 4.83 Å². The second kappa shape index (κ2) is 5.55. The molecule has 0 aliphatic carbocycles. The Balaban J connectivity index is 2.43. The summed E-state index contributed by atoms with van der Waals surface area (Å²) in [4.78, 5) is 0.236. The SMILES string of the molecule is Cc1ccc(C(Br)c2cc(Br)sc2Br)c(C)c1. The van der Waals surface area contributed by atoms with Gasteiger partial charge in [0.2, 0.25) is 0 Å². The monoisotopic (exact) mass is 436 g/mol. The van der Waals surface area contributed by atoms with Crippen molar-refractivity contribution in [2.75, 3.05) is 0 Å².